The van der Waals surface area contributed by atoms with Gasteiger partial charge >= 0.3 is 6.18 Å². The number of aromatic nitrogens is 2. The topological polar surface area (TPSA) is 70.2 Å². The van der Waals surface area contributed by atoms with Gasteiger partial charge in [-0.1, -0.05) is 18.2 Å². The van der Waals surface area contributed by atoms with Gasteiger partial charge in [0.1, 0.15) is 0 Å². The van der Waals surface area contributed by atoms with Gasteiger partial charge in [-0.25, -0.2) is 14.4 Å². The number of amides is 1. The number of nitrogens with zero attached hydrogens (tertiary/aromatic N) is 3. The fourth-order valence-electron chi connectivity index (χ4n) is 4.73. The van der Waals surface area contributed by atoms with Crippen LogP contribution in [0.15, 0.2) is 60.8 Å². The lowest BCUT2D eigenvalue weighted by Gasteiger charge is -2.15. The largest absolute Gasteiger partial charge is 0.419 e. The highest BCUT2D eigenvalue weighted by atomic mass is 19.4. The number of benzene rings is 3. The predicted molar refractivity (Wildman–Crippen MR) is 143 cm³/mol. The van der Waals surface area contributed by atoms with E-state index >= 15 is 0 Å². The summed E-state index contributed by atoms with van der Waals surface area (Å²) < 4.78 is 53.6. The molecule has 0 unspecified atom stereocenters. The first kappa shape index (κ1) is 26.6. The summed E-state index contributed by atoms with van der Waals surface area (Å²) in [5.41, 5.74) is 1.43. The van der Waals surface area contributed by atoms with Crippen LogP contribution in [-0.2, 0) is 6.18 Å². The summed E-state index contributed by atoms with van der Waals surface area (Å²) in [4.78, 5) is 24.3. The molecule has 0 radical (unpaired) electrons. The third kappa shape index (κ3) is 6.01. The van der Waals surface area contributed by atoms with Crippen LogP contribution >= 0.6 is 0 Å². The minimum absolute atomic E-state index is 0.182. The zero-order chi connectivity index (χ0) is 27.6. The standard InChI is InChI=1S/C29H27F4N5O/c1-18-7-8-20(27(39)36-25-6-4-5-23(26(25)30)29(31,32)33)16-22(18)19-9-10-24-21(15-19)17-35-28(37-24)34-11-14-38-12-2-3-13-38/h4-10,15-17H,2-3,11-14H2,1H3,(H,36,39)(H,34,35,37). The first-order valence-corrected chi connectivity index (χ1v) is 12.7. The molecule has 0 spiro atoms. The highest BCUT2D eigenvalue weighted by molar-refractivity contribution is 6.05. The molecular weight excluding hydrogens is 510 g/mol. The third-order valence-corrected chi connectivity index (χ3v) is 6.85. The number of nitrogens with one attached hydrogen (secondary N) is 2. The van der Waals surface area contributed by atoms with Crippen LogP contribution in [0.5, 0.6) is 0 Å². The lowest BCUT2D eigenvalue weighted by Crippen LogP contribution is -2.26. The molecule has 2 N–H and O–H groups in total. The van der Waals surface area contributed by atoms with Crippen molar-refractivity contribution in [1.29, 1.82) is 0 Å². The number of likely N-dealkylation sites (tertiary alicyclic amines) is 1. The van der Waals surface area contributed by atoms with E-state index < -0.39 is 29.2 Å². The summed E-state index contributed by atoms with van der Waals surface area (Å²) in [6, 6.07) is 13.4. The van der Waals surface area contributed by atoms with E-state index in [1.54, 1.807) is 24.4 Å². The number of carbonyl (C=O) groups excluding carboxylic acids is 1. The maximum atomic E-state index is 14.4. The van der Waals surface area contributed by atoms with Crippen LogP contribution in [0.3, 0.4) is 0 Å². The predicted octanol–water partition coefficient (Wildman–Crippen LogP) is 6.52. The molecule has 2 heterocycles. The lowest BCUT2D eigenvalue weighted by molar-refractivity contribution is -0.139. The Labute approximate surface area is 223 Å². The number of rotatable bonds is 7. The van der Waals surface area contributed by atoms with Crippen molar-refractivity contribution in [2.75, 3.05) is 36.8 Å². The molecule has 1 amide bonds. The van der Waals surface area contributed by atoms with E-state index in [-0.39, 0.29) is 5.56 Å². The molecule has 0 atom stereocenters. The summed E-state index contributed by atoms with van der Waals surface area (Å²) in [5, 5.41) is 6.36. The van der Waals surface area contributed by atoms with E-state index in [0.717, 1.165) is 65.9 Å². The van der Waals surface area contributed by atoms with Crippen LogP contribution in [0.1, 0.15) is 34.3 Å². The Morgan fingerprint density at radius 2 is 1.85 bits per heavy atom. The van der Waals surface area contributed by atoms with Gasteiger partial charge in [-0.05, 0) is 85.9 Å². The third-order valence-electron chi connectivity index (χ3n) is 6.85. The zero-order valence-electron chi connectivity index (χ0n) is 21.3. The highest BCUT2D eigenvalue weighted by Crippen LogP contribution is 2.34. The smallest absolute Gasteiger partial charge is 0.353 e. The van der Waals surface area contributed by atoms with Crippen molar-refractivity contribution in [3.63, 3.8) is 0 Å². The van der Waals surface area contributed by atoms with Crippen molar-refractivity contribution in [1.82, 2.24) is 14.9 Å². The maximum absolute atomic E-state index is 14.4. The normalized spacial score (nSPS) is 14.1. The van der Waals surface area contributed by atoms with Crippen LogP contribution < -0.4 is 10.6 Å². The van der Waals surface area contributed by atoms with Gasteiger partial charge in [-0.3, -0.25) is 4.79 Å². The molecule has 4 aromatic rings. The van der Waals surface area contributed by atoms with Gasteiger partial charge in [0.05, 0.1) is 16.8 Å². The van der Waals surface area contributed by atoms with E-state index in [9.17, 15) is 22.4 Å². The van der Waals surface area contributed by atoms with Gasteiger partial charge in [0.15, 0.2) is 5.82 Å². The molecule has 1 fully saturated rings. The molecule has 0 bridgehead atoms. The van der Waals surface area contributed by atoms with Crippen molar-refractivity contribution in [2.45, 2.75) is 25.9 Å². The highest BCUT2D eigenvalue weighted by Gasteiger charge is 2.35. The Bertz CT molecular complexity index is 1520. The Hall–Kier alpha value is -4.05. The number of alkyl halides is 3. The van der Waals surface area contributed by atoms with Crippen molar-refractivity contribution < 1.29 is 22.4 Å². The molecule has 10 heteroatoms. The minimum atomic E-state index is -4.87. The van der Waals surface area contributed by atoms with Crippen molar-refractivity contribution >= 4 is 28.4 Å². The average molecular weight is 538 g/mol. The fourth-order valence-corrected chi connectivity index (χ4v) is 4.73. The molecule has 6 nitrogen and oxygen atoms in total. The average Bonchev–Trinajstić information content (AvgIpc) is 3.43. The minimum Gasteiger partial charge on any atom is -0.353 e. The Morgan fingerprint density at radius 3 is 2.62 bits per heavy atom. The van der Waals surface area contributed by atoms with Gasteiger partial charge in [-0.2, -0.15) is 13.2 Å². The van der Waals surface area contributed by atoms with E-state index in [4.69, 9.17) is 0 Å². The van der Waals surface area contributed by atoms with E-state index in [2.05, 4.69) is 25.5 Å². The Morgan fingerprint density at radius 1 is 1.05 bits per heavy atom. The fraction of sp³-hybridized carbons (Fsp3) is 0.276. The second-order valence-corrected chi connectivity index (χ2v) is 9.59. The number of carbonyl (C=O) groups is 1. The molecule has 202 valence electrons. The molecule has 1 saturated heterocycles. The number of hydrogen-bond acceptors (Lipinski definition) is 5. The maximum Gasteiger partial charge on any atom is 0.419 e. The second-order valence-electron chi connectivity index (χ2n) is 9.59. The molecule has 1 aliphatic heterocycles. The summed E-state index contributed by atoms with van der Waals surface area (Å²) in [7, 11) is 0. The van der Waals surface area contributed by atoms with Crippen LogP contribution in [0.4, 0.5) is 29.2 Å². The van der Waals surface area contributed by atoms with Crippen molar-refractivity contribution in [3.8, 4) is 11.1 Å². The van der Waals surface area contributed by atoms with E-state index in [0.29, 0.717) is 12.0 Å². The summed E-state index contributed by atoms with van der Waals surface area (Å²) >= 11 is 0. The molecule has 5 rings (SSSR count). The number of hydrogen-bond donors (Lipinski definition) is 2. The lowest BCUT2D eigenvalue weighted by atomic mass is 9.97. The number of fused-ring (bicyclic) bond motifs is 1. The van der Waals surface area contributed by atoms with E-state index in [1.165, 1.54) is 12.8 Å². The molecular formula is C29H27F4N5O. The van der Waals surface area contributed by atoms with Gasteiger partial charge in [0.25, 0.3) is 5.91 Å². The van der Waals surface area contributed by atoms with Crippen LogP contribution in [-0.4, -0.2) is 47.0 Å². The Balaban J connectivity index is 1.34. The van der Waals surface area contributed by atoms with Crippen LogP contribution in [0.25, 0.3) is 22.0 Å². The van der Waals surface area contributed by atoms with Crippen LogP contribution in [0, 0.1) is 12.7 Å². The molecule has 3 aromatic carbocycles. The SMILES string of the molecule is Cc1ccc(C(=O)Nc2cccc(C(F)(F)F)c2F)cc1-c1ccc2nc(NCCN3CCCC3)ncc2c1. The summed E-state index contributed by atoms with van der Waals surface area (Å²) in [5.74, 6) is -1.68. The van der Waals surface area contributed by atoms with Crippen molar-refractivity contribution in [3.05, 3.63) is 83.3 Å². The van der Waals surface area contributed by atoms with Crippen LogP contribution in [0.2, 0.25) is 0 Å². The molecule has 0 aliphatic carbocycles. The number of aryl methyl sites for hydroxylation is 1. The van der Waals surface area contributed by atoms with Gasteiger partial charge in [0.2, 0.25) is 5.95 Å². The zero-order valence-corrected chi connectivity index (χ0v) is 21.3. The molecule has 39 heavy (non-hydrogen) atoms. The summed E-state index contributed by atoms with van der Waals surface area (Å²) in [6.45, 7) is 5.87. The first-order chi connectivity index (χ1) is 18.7. The van der Waals surface area contributed by atoms with E-state index in [1.807, 2.05) is 25.1 Å². The Kier molecular flexibility index (Phi) is 7.47. The van der Waals surface area contributed by atoms with Gasteiger partial charge in [-0.15, -0.1) is 0 Å². The quantitative estimate of drug-likeness (QED) is 0.263. The number of halogens is 4. The molecule has 1 aliphatic rings. The van der Waals surface area contributed by atoms with Gasteiger partial charge < -0.3 is 15.5 Å². The monoisotopic (exact) mass is 537 g/mol. The van der Waals surface area contributed by atoms with Gasteiger partial charge in [0, 0.05) is 30.2 Å². The second kappa shape index (κ2) is 11.0. The molecule has 1 aromatic heterocycles. The summed E-state index contributed by atoms with van der Waals surface area (Å²) in [6.07, 6.45) is -0.634. The first-order valence-electron chi connectivity index (χ1n) is 12.7. The molecule has 0 saturated carbocycles. The van der Waals surface area contributed by atoms with Crippen molar-refractivity contribution in [2.24, 2.45) is 0 Å². The number of anilines is 2.